The smallest absolute Gasteiger partial charge is 0.224 e. The summed E-state index contributed by atoms with van der Waals surface area (Å²) in [5, 5.41) is 0. The lowest BCUT2D eigenvalue weighted by molar-refractivity contribution is -0.153. The number of carbonyl (C=O) groups is 2. The van der Waals surface area contributed by atoms with Crippen molar-refractivity contribution >= 4 is 11.8 Å². The van der Waals surface area contributed by atoms with Gasteiger partial charge in [-0.3, -0.25) is 9.59 Å². The molecule has 0 radical (unpaired) electrons. The molecular weight excluding hydrogens is 396 g/mol. The molecule has 0 aromatic heterocycles. The van der Waals surface area contributed by atoms with Gasteiger partial charge >= 0.3 is 0 Å². The Morgan fingerprint density at radius 3 is 0.812 bits per heavy atom. The average molecular weight is 453 g/mol. The highest BCUT2D eigenvalue weighted by atomic mass is 16.2. The maximum Gasteiger partial charge on any atom is 0.224 e. The maximum atomic E-state index is 13.3. The Bertz CT molecular complexity index is 422. The van der Waals surface area contributed by atoms with Crippen molar-refractivity contribution in [2.75, 3.05) is 0 Å². The third-order valence-corrected chi connectivity index (χ3v) is 7.69. The number of carbonyl (C=O) groups excluding carboxylic acids is 2. The fourth-order valence-electron chi connectivity index (χ4n) is 5.59. The Balaban J connectivity index is 6.09. The standard InChI is InChI=1S/C28H56N2O2/c1-5-9-13-17-21-27(25(29)31,22-18-14-10-6-2)28(26(30)32,23-19-15-11-7-3)24-20-16-12-8-4/h5-24H2,1-4H3,(H2,29,31)(H2,30,32). The summed E-state index contributed by atoms with van der Waals surface area (Å²) in [4.78, 5) is 26.6. The number of nitrogens with two attached hydrogens (primary N) is 2. The normalized spacial score (nSPS) is 12.2. The number of primary amides is 2. The van der Waals surface area contributed by atoms with E-state index in [0.29, 0.717) is 25.7 Å². The molecule has 2 amide bonds. The fraction of sp³-hybridized carbons (Fsp3) is 0.929. The maximum absolute atomic E-state index is 13.3. The first-order chi connectivity index (χ1) is 15.4. The summed E-state index contributed by atoms with van der Waals surface area (Å²) in [6, 6.07) is 0. The molecule has 0 spiro atoms. The minimum absolute atomic E-state index is 0.282. The second-order valence-corrected chi connectivity index (χ2v) is 10.1. The SMILES string of the molecule is CCCCCCC(CCCCCC)(C(N)=O)C(CCCCCC)(CCCCCC)C(N)=O. The van der Waals surface area contributed by atoms with Crippen LogP contribution in [0, 0.1) is 10.8 Å². The van der Waals surface area contributed by atoms with Crippen molar-refractivity contribution < 1.29 is 9.59 Å². The lowest BCUT2D eigenvalue weighted by atomic mass is 9.54. The van der Waals surface area contributed by atoms with E-state index in [-0.39, 0.29) is 11.8 Å². The van der Waals surface area contributed by atoms with Crippen molar-refractivity contribution in [3.8, 4) is 0 Å². The molecule has 4 nitrogen and oxygen atoms in total. The van der Waals surface area contributed by atoms with Gasteiger partial charge in [-0.25, -0.2) is 0 Å². The van der Waals surface area contributed by atoms with E-state index in [2.05, 4.69) is 27.7 Å². The topological polar surface area (TPSA) is 86.2 Å². The highest BCUT2D eigenvalue weighted by Gasteiger charge is 2.57. The van der Waals surface area contributed by atoms with Crippen LogP contribution in [0.3, 0.4) is 0 Å². The molecule has 190 valence electrons. The monoisotopic (exact) mass is 452 g/mol. The Hall–Kier alpha value is -1.06. The molecule has 0 unspecified atom stereocenters. The molecule has 32 heavy (non-hydrogen) atoms. The van der Waals surface area contributed by atoms with E-state index >= 15 is 0 Å². The van der Waals surface area contributed by atoms with Crippen molar-refractivity contribution in [3.05, 3.63) is 0 Å². The first kappa shape index (κ1) is 30.9. The van der Waals surface area contributed by atoms with Gasteiger partial charge in [-0.2, -0.15) is 0 Å². The molecule has 0 aromatic rings. The summed E-state index contributed by atoms with van der Waals surface area (Å²) in [7, 11) is 0. The van der Waals surface area contributed by atoms with Gasteiger partial charge in [0.05, 0.1) is 10.8 Å². The average Bonchev–Trinajstić information content (AvgIpc) is 2.77. The Labute approximate surface area is 200 Å². The first-order valence-electron chi connectivity index (χ1n) is 14.0. The Morgan fingerprint density at radius 1 is 0.438 bits per heavy atom. The molecule has 0 heterocycles. The first-order valence-corrected chi connectivity index (χ1v) is 14.0. The molecule has 0 saturated carbocycles. The zero-order valence-electron chi connectivity index (χ0n) is 22.1. The lowest BCUT2D eigenvalue weighted by Gasteiger charge is -2.48. The van der Waals surface area contributed by atoms with Crippen LogP contribution in [-0.2, 0) is 9.59 Å². The van der Waals surface area contributed by atoms with Gasteiger partial charge in [0.2, 0.25) is 11.8 Å². The number of unbranched alkanes of at least 4 members (excludes halogenated alkanes) is 12. The summed E-state index contributed by atoms with van der Waals surface area (Å²) < 4.78 is 0. The molecule has 0 aliphatic rings. The molecule has 0 aliphatic carbocycles. The van der Waals surface area contributed by atoms with Crippen molar-refractivity contribution in [1.29, 1.82) is 0 Å². The molecule has 4 heteroatoms. The van der Waals surface area contributed by atoms with E-state index < -0.39 is 10.8 Å². The van der Waals surface area contributed by atoms with Crippen LogP contribution >= 0.6 is 0 Å². The van der Waals surface area contributed by atoms with E-state index in [0.717, 1.165) is 103 Å². The molecular formula is C28H56N2O2. The van der Waals surface area contributed by atoms with Crippen molar-refractivity contribution in [1.82, 2.24) is 0 Å². The van der Waals surface area contributed by atoms with Gasteiger partial charge in [-0.1, -0.05) is 130 Å². The van der Waals surface area contributed by atoms with Crippen LogP contribution in [0.25, 0.3) is 0 Å². The van der Waals surface area contributed by atoms with Crippen LogP contribution in [-0.4, -0.2) is 11.8 Å². The Kier molecular flexibility index (Phi) is 17.8. The molecule has 0 atom stereocenters. The molecule has 4 N–H and O–H groups in total. The summed E-state index contributed by atoms with van der Waals surface area (Å²) in [6.45, 7) is 8.78. The summed E-state index contributed by atoms with van der Waals surface area (Å²) in [5.41, 5.74) is 10.9. The zero-order valence-corrected chi connectivity index (χ0v) is 22.1. The van der Waals surface area contributed by atoms with Crippen LogP contribution in [0.15, 0.2) is 0 Å². The molecule has 0 aromatic carbocycles. The van der Waals surface area contributed by atoms with Crippen molar-refractivity contribution in [2.45, 2.75) is 156 Å². The van der Waals surface area contributed by atoms with Crippen LogP contribution < -0.4 is 11.5 Å². The van der Waals surface area contributed by atoms with Crippen LogP contribution in [0.4, 0.5) is 0 Å². The highest BCUT2D eigenvalue weighted by molar-refractivity contribution is 5.92. The second-order valence-electron chi connectivity index (χ2n) is 10.1. The summed E-state index contributed by atoms with van der Waals surface area (Å²) in [5.74, 6) is -0.564. The van der Waals surface area contributed by atoms with E-state index in [4.69, 9.17) is 11.5 Å². The molecule has 0 bridgehead atoms. The quantitative estimate of drug-likeness (QED) is 0.155. The van der Waals surface area contributed by atoms with Crippen LogP contribution in [0.2, 0.25) is 0 Å². The van der Waals surface area contributed by atoms with Gasteiger partial charge < -0.3 is 11.5 Å². The second kappa shape index (κ2) is 18.4. The third-order valence-electron chi connectivity index (χ3n) is 7.69. The number of hydrogen-bond acceptors (Lipinski definition) is 2. The van der Waals surface area contributed by atoms with Gasteiger partial charge in [-0.05, 0) is 25.7 Å². The third kappa shape index (κ3) is 9.83. The lowest BCUT2D eigenvalue weighted by Crippen LogP contribution is -2.57. The predicted molar refractivity (Wildman–Crippen MR) is 138 cm³/mol. The minimum atomic E-state index is -0.807. The summed E-state index contributed by atoms with van der Waals surface area (Å²) >= 11 is 0. The number of rotatable bonds is 23. The Morgan fingerprint density at radius 2 is 0.656 bits per heavy atom. The van der Waals surface area contributed by atoms with Crippen molar-refractivity contribution in [2.24, 2.45) is 22.3 Å². The molecule has 0 saturated heterocycles. The molecule has 0 fully saturated rings. The predicted octanol–water partition coefficient (Wildman–Crippen LogP) is 7.81. The van der Waals surface area contributed by atoms with Crippen LogP contribution in [0.5, 0.6) is 0 Å². The number of amides is 2. The van der Waals surface area contributed by atoms with E-state index in [1.54, 1.807) is 0 Å². The van der Waals surface area contributed by atoms with E-state index in [1.165, 1.54) is 0 Å². The molecule has 0 rings (SSSR count). The van der Waals surface area contributed by atoms with Crippen molar-refractivity contribution in [3.63, 3.8) is 0 Å². The van der Waals surface area contributed by atoms with E-state index in [1.807, 2.05) is 0 Å². The zero-order chi connectivity index (χ0) is 24.3. The fourth-order valence-corrected chi connectivity index (χ4v) is 5.59. The van der Waals surface area contributed by atoms with Gasteiger partial charge in [0.15, 0.2) is 0 Å². The van der Waals surface area contributed by atoms with Gasteiger partial charge in [0.25, 0.3) is 0 Å². The van der Waals surface area contributed by atoms with E-state index in [9.17, 15) is 9.59 Å². The molecule has 0 aliphatic heterocycles. The van der Waals surface area contributed by atoms with Crippen LogP contribution in [0.1, 0.15) is 156 Å². The van der Waals surface area contributed by atoms with Gasteiger partial charge in [0, 0.05) is 0 Å². The number of hydrogen-bond donors (Lipinski definition) is 2. The van der Waals surface area contributed by atoms with Gasteiger partial charge in [-0.15, -0.1) is 0 Å². The summed E-state index contributed by atoms with van der Waals surface area (Å²) in [6.07, 6.45) is 20.2. The largest absolute Gasteiger partial charge is 0.369 e. The van der Waals surface area contributed by atoms with Gasteiger partial charge in [0.1, 0.15) is 0 Å². The highest BCUT2D eigenvalue weighted by Crippen LogP contribution is 2.53. The minimum Gasteiger partial charge on any atom is -0.369 e.